The average Bonchev–Trinajstić information content (AvgIpc) is 3.09. The van der Waals surface area contributed by atoms with Crippen LogP contribution >= 0.6 is 0 Å². The van der Waals surface area contributed by atoms with Crippen LogP contribution < -0.4 is 15.0 Å². The Labute approximate surface area is 151 Å². The zero-order valence-corrected chi connectivity index (χ0v) is 15.0. The van der Waals surface area contributed by atoms with E-state index >= 15 is 0 Å². The fourth-order valence-electron chi connectivity index (χ4n) is 2.76. The number of aryl methyl sites for hydroxylation is 2. The summed E-state index contributed by atoms with van der Waals surface area (Å²) in [5.74, 6) is -0.786. The zero-order valence-electron chi connectivity index (χ0n) is 14.2. The number of carbonyl (C=O) groups is 1. The van der Waals surface area contributed by atoms with Crippen molar-refractivity contribution < 1.29 is 22.3 Å². The molecule has 1 atom stereocenters. The summed E-state index contributed by atoms with van der Waals surface area (Å²) >= 11 is 0. The topological polar surface area (TPSA) is 84.5 Å². The highest BCUT2D eigenvalue weighted by molar-refractivity contribution is 7.89. The van der Waals surface area contributed by atoms with Crippen molar-refractivity contribution in [2.75, 3.05) is 0 Å². The van der Waals surface area contributed by atoms with Gasteiger partial charge in [0.15, 0.2) is 6.10 Å². The van der Waals surface area contributed by atoms with Crippen LogP contribution in [0.2, 0.25) is 0 Å². The summed E-state index contributed by atoms with van der Waals surface area (Å²) in [5.41, 5.74) is 4.33. The second-order valence-electron chi connectivity index (χ2n) is 6.09. The lowest BCUT2D eigenvalue weighted by molar-refractivity contribution is -0.127. The predicted octanol–water partition coefficient (Wildman–Crippen LogP) is 2.09. The van der Waals surface area contributed by atoms with E-state index in [-0.39, 0.29) is 4.90 Å². The van der Waals surface area contributed by atoms with Crippen molar-refractivity contribution >= 4 is 15.9 Å². The van der Waals surface area contributed by atoms with Crippen molar-refractivity contribution in [1.82, 2.24) is 10.3 Å². The van der Waals surface area contributed by atoms with Crippen LogP contribution in [0, 0.1) is 5.82 Å². The molecule has 0 aromatic heterocycles. The molecule has 0 heterocycles. The van der Waals surface area contributed by atoms with Crippen LogP contribution in [0.1, 0.15) is 24.5 Å². The molecule has 2 aromatic rings. The smallest absolute Gasteiger partial charge is 0.275 e. The van der Waals surface area contributed by atoms with Crippen molar-refractivity contribution in [3.8, 4) is 5.75 Å². The Morgan fingerprint density at radius 1 is 1.12 bits per heavy atom. The van der Waals surface area contributed by atoms with Gasteiger partial charge in [0.2, 0.25) is 0 Å². The molecular weight excluding hydrogens is 359 g/mol. The molecule has 26 heavy (non-hydrogen) atoms. The molecule has 138 valence electrons. The Kier molecular flexibility index (Phi) is 5.24. The summed E-state index contributed by atoms with van der Waals surface area (Å²) in [6.07, 6.45) is 1.86. The summed E-state index contributed by atoms with van der Waals surface area (Å²) in [5, 5.41) is 0. The first kappa shape index (κ1) is 18.3. The monoisotopic (exact) mass is 378 g/mol. The number of nitrogens with one attached hydrogen (secondary N) is 2. The lowest BCUT2D eigenvalue weighted by atomic mass is 10.1. The fraction of sp³-hybridized carbons (Fsp3) is 0.278. The Morgan fingerprint density at radius 2 is 1.81 bits per heavy atom. The van der Waals surface area contributed by atoms with Gasteiger partial charge in [0.1, 0.15) is 11.6 Å². The molecule has 0 saturated carbocycles. The first-order valence-corrected chi connectivity index (χ1v) is 9.69. The average molecular weight is 378 g/mol. The summed E-state index contributed by atoms with van der Waals surface area (Å²) in [4.78, 5) is 14.2. The maximum Gasteiger partial charge on any atom is 0.275 e. The molecule has 1 aliphatic carbocycles. The summed E-state index contributed by atoms with van der Waals surface area (Å²) in [6, 6.07) is 10.1. The summed E-state index contributed by atoms with van der Waals surface area (Å²) < 4.78 is 42.9. The molecule has 6 nitrogen and oxygen atoms in total. The molecule has 3 rings (SSSR count). The van der Waals surface area contributed by atoms with E-state index < -0.39 is 27.9 Å². The van der Waals surface area contributed by atoms with E-state index in [2.05, 4.69) is 10.3 Å². The molecule has 0 aliphatic heterocycles. The van der Waals surface area contributed by atoms with Crippen molar-refractivity contribution in [3.63, 3.8) is 0 Å². The maximum atomic E-state index is 12.9. The Hall–Kier alpha value is -2.45. The van der Waals surface area contributed by atoms with E-state index in [1.165, 1.54) is 37.3 Å². The first-order valence-electron chi connectivity index (χ1n) is 8.21. The lowest BCUT2D eigenvalue weighted by Gasteiger charge is -2.15. The van der Waals surface area contributed by atoms with E-state index in [0.29, 0.717) is 5.75 Å². The molecule has 0 unspecified atom stereocenters. The van der Waals surface area contributed by atoms with Gasteiger partial charge in [0, 0.05) is 0 Å². The van der Waals surface area contributed by atoms with Crippen LogP contribution in [0.3, 0.4) is 0 Å². The van der Waals surface area contributed by atoms with E-state index in [9.17, 15) is 17.6 Å². The van der Waals surface area contributed by atoms with Crippen molar-refractivity contribution in [3.05, 3.63) is 59.4 Å². The van der Waals surface area contributed by atoms with Crippen molar-refractivity contribution in [2.24, 2.45) is 0 Å². The van der Waals surface area contributed by atoms with Gasteiger partial charge in [-0.2, -0.15) is 0 Å². The van der Waals surface area contributed by atoms with Crippen LogP contribution in [-0.2, 0) is 27.7 Å². The molecule has 1 amide bonds. The normalized spacial score (nSPS) is 14.5. The number of hydrazine groups is 1. The van der Waals surface area contributed by atoms with E-state index in [1.54, 1.807) is 12.1 Å². The molecule has 0 fully saturated rings. The fourth-order valence-corrected chi connectivity index (χ4v) is 3.66. The molecule has 0 saturated heterocycles. The number of benzene rings is 2. The van der Waals surface area contributed by atoms with Crippen molar-refractivity contribution in [2.45, 2.75) is 37.2 Å². The Balaban J connectivity index is 1.60. The number of amides is 1. The van der Waals surface area contributed by atoms with Gasteiger partial charge in [0.05, 0.1) is 4.90 Å². The molecule has 2 N–H and O–H groups in total. The van der Waals surface area contributed by atoms with Gasteiger partial charge in [-0.25, -0.2) is 12.8 Å². The number of hydrogen-bond donors (Lipinski definition) is 2. The third-order valence-corrected chi connectivity index (χ3v) is 5.43. The highest BCUT2D eigenvalue weighted by atomic mass is 32.2. The van der Waals surface area contributed by atoms with E-state index in [4.69, 9.17) is 4.74 Å². The van der Waals surface area contributed by atoms with Gasteiger partial charge >= 0.3 is 0 Å². The van der Waals surface area contributed by atoms with Gasteiger partial charge in [-0.05, 0) is 73.7 Å². The second-order valence-corrected chi connectivity index (χ2v) is 7.78. The largest absolute Gasteiger partial charge is 0.481 e. The first-order chi connectivity index (χ1) is 12.3. The van der Waals surface area contributed by atoms with Gasteiger partial charge in [0.25, 0.3) is 15.9 Å². The summed E-state index contributed by atoms with van der Waals surface area (Å²) in [7, 11) is -3.88. The quantitative estimate of drug-likeness (QED) is 0.754. The van der Waals surface area contributed by atoms with Crippen LogP contribution in [0.4, 0.5) is 4.39 Å². The summed E-state index contributed by atoms with van der Waals surface area (Å²) in [6.45, 7) is 1.46. The van der Waals surface area contributed by atoms with Gasteiger partial charge in [-0.1, -0.05) is 6.07 Å². The third-order valence-electron chi connectivity index (χ3n) is 4.18. The molecule has 2 aromatic carbocycles. The minimum absolute atomic E-state index is 0.102. The third kappa shape index (κ3) is 4.20. The van der Waals surface area contributed by atoms with E-state index in [0.717, 1.165) is 30.4 Å². The molecule has 1 aliphatic rings. The highest BCUT2D eigenvalue weighted by Gasteiger charge is 2.21. The molecular formula is C18H19FN2O4S. The van der Waals surface area contributed by atoms with Crippen LogP contribution in [0.5, 0.6) is 5.75 Å². The Bertz CT molecular complexity index is 913. The number of fused-ring (bicyclic) bond motifs is 1. The van der Waals surface area contributed by atoms with E-state index in [1.807, 2.05) is 0 Å². The van der Waals surface area contributed by atoms with Crippen LogP contribution in [-0.4, -0.2) is 20.4 Å². The number of carbonyl (C=O) groups excluding carboxylic acids is 1. The lowest BCUT2D eigenvalue weighted by Crippen LogP contribution is -2.47. The Morgan fingerprint density at radius 3 is 2.54 bits per heavy atom. The number of sulfonamides is 1. The second kappa shape index (κ2) is 7.43. The molecule has 0 bridgehead atoms. The number of hydrogen-bond acceptors (Lipinski definition) is 4. The maximum absolute atomic E-state index is 12.9. The molecule has 0 spiro atoms. The SMILES string of the molecule is C[C@@H](Oc1ccc(F)cc1)C(=O)NNS(=O)(=O)c1ccc2c(c1)CCC2. The zero-order chi connectivity index (χ0) is 18.7. The minimum Gasteiger partial charge on any atom is -0.481 e. The number of ether oxygens (including phenoxy) is 1. The van der Waals surface area contributed by atoms with Gasteiger partial charge in [-0.15, -0.1) is 4.83 Å². The number of halogens is 1. The van der Waals surface area contributed by atoms with Crippen LogP contribution in [0.15, 0.2) is 47.4 Å². The molecule has 0 radical (unpaired) electrons. The minimum atomic E-state index is -3.88. The van der Waals surface area contributed by atoms with Gasteiger partial charge < -0.3 is 4.74 Å². The molecule has 8 heteroatoms. The predicted molar refractivity (Wildman–Crippen MR) is 93.4 cm³/mol. The number of rotatable bonds is 6. The highest BCUT2D eigenvalue weighted by Crippen LogP contribution is 2.24. The van der Waals surface area contributed by atoms with Gasteiger partial charge in [-0.3, -0.25) is 10.2 Å². The standard InChI is InChI=1S/C18H19FN2O4S/c1-12(25-16-8-6-15(19)7-9-16)18(22)20-21-26(23,24)17-10-5-13-3-2-4-14(13)11-17/h5-12,21H,2-4H2,1H3,(H,20,22)/t12-/m1/s1. The van der Waals surface area contributed by atoms with Crippen LogP contribution in [0.25, 0.3) is 0 Å². The van der Waals surface area contributed by atoms with Crippen molar-refractivity contribution in [1.29, 1.82) is 0 Å².